The molecule has 98 valence electrons. The molecule has 0 bridgehead atoms. The van der Waals surface area contributed by atoms with Crippen LogP contribution in [0.25, 0.3) is 0 Å². The molecule has 2 aromatic rings. The lowest BCUT2D eigenvalue weighted by molar-refractivity contribution is 0.102. The van der Waals surface area contributed by atoms with Crippen LogP contribution in [0.5, 0.6) is 5.75 Å². The van der Waals surface area contributed by atoms with E-state index in [2.05, 4.69) is 5.32 Å². The van der Waals surface area contributed by atoms with Gasteiger partial charge < -0.3 is 15.0 Å². The summed E-state index contributed by atoms with van der Waals surface area (Å²) in [5.41, 5.74) is 1.30. The molecule has 2 N–H and O–H groups in total. The summed E-state index contributed by atoms with van der Waals surface area (Å²) in [5.74, 6) is -0.186. The molecule has 1 amide bonds. The van der Waals surface area contributed by atoms with Crippen LogP contribution in [0.1, 0.15) is 15.9 Å². The average molecular weight is 258 g/mol. The fraction of sp³-hybridized carbons (Fsp3) is 0.143. The van der Waals surface area contributed by atoms with Gasteiger partial charge in [-0.1, -0.05) is 0 Å². The lowest BCUT2D eigenvalue weighted by atomic mass is 10.2. The molecule has 0 spiro atoms. The molecule has 0 fully saturated rings. The number of phenols is 1. The molecule has 1 heterocycles. The van der Waals surface area contributed by atoms with Gasteiger partial charge in [0.25, 0.3) is 11.5 Å². The number of anilines is 1. The highest BCUT2D eigenvalue weighted by Crippen LogP contribution is 2.20. The second-order valence-electron chi connectivity index (χ2n) is 4.32. The number of amides is 1. The van der Waals surface area contributed by atoms with Gasteiger partial charge in [0.15, 0.2) is 0 Å². The number of hydrogen-bond acceptors (Lipinski definition) is 3. The Morgan fingerprint density at radius 1 is 1.26 bits per heavy atom. The summed E-state index contributed by atoms with van der Waals surface area (Å²) in [7, 11) is 1.62. The normalized spacial score (nSPS) is 10.2. The molecule has 2 rings (SSSR count). The quantitative estimate of drug-likeness (QED) is 0.805. The topological polar surface area (TPSA) is 71.3 Å². The summed E-state index contributed by atoms with van der Waals surface area (Å²) in [5, 5.41) is 12.1. The second kappa shape index (κ2) is 4.97. The van der Waals surface area contributed by atoms with Crippen LogP contribution in [-0.4, -0.2) is 15.6 Å². The van der Waals surface area contributed by atoms with Gasteiger partial charge >= 0.3 is 0 Å². The Kier molecular flexibility index (Phi) is 3.37. The fourth-order valence-corrected chi connectivity index (χ4v) is 1.63. The first kappa shape index (κ1) is 12.9. The molecule has 0 aliphatic heterocycles. The smallest absolute Gasteiger partial charge is 0.255 e. The third-order valence-corrected chi connectivity index (χ3v) is 2.82. The number of carbonyl (C=O) groups is 1. The first-order valence-electron chi connectivity index (χ1n) is 5.75. The van der Waals surface area contributed by atoms with Crippen molar-refractivity contribution in [3.05, 3.63) is 58.0 Å². The standard InChI is InChI=1S/C14H14N2O3/c1-9-7-11(3-4-12(9)17)15-14(19)10-5-6-16(2)13(18)8-10/h3-8,17H,1-2H3,(H,15,19). The lowest BCUT2D eigenvalue weighted by Gasteiger charge is -2.07. The lowest BCUT2D eigenvalue weighted by Crippen LogP contribution is -2.19. The van der Waals surface area contributed by atoms with Crippen molar-refractivity contribution in [1.29, 1.82) is 0 Å². The zero-order valence-corrected chi connectivity index (χ0v) is 10.7. The van der Waals surface area contributed by atoms with Gasteiger partial charge in [0.2, 0.25) is 0 Å². The van der Waals surface area contributed by atoms with Crippen LogP contribution in [0.2, 0.25) is 0 Å². The highest BCUT2D eigenvalue weighted by Gasteiger charge is 2.08. The van der Waals surface area contributed by atoms with E-state index in [4.69, 9.17) is 0 Å². The molecule has 0 saturated heterocycles. The van der Waals surface area contributed by atoms with E-state index in [9.17, 15) is 14.7 Å². The predicted octanol–water partition coefficient (Wildman–Crippen LogP) is 1.65. The van der Waals surface area contributed by atoms with Gasteiger partial charge in [-0.25, -0.2) is 0 Å². The van der Waals surface area contributed by atoms with Crippen molar-refractivity contribution in [3.63, 3.8) is 0 Å². The van der Waals surface area contributed by atoms with E-state index in [1.54, 1.807) is 38.4 Å². The van der Waals surface area contributed by atoms with Crippen molar-refractivity contribution in [2.45, 2.75) is 6.92 Å². The molecule has 0 unspecified atom stereocenters. The maximum atomic E-state index is 12.0. The Morgan fingerprint density at radius 2 is 2.00 bits per heavy atom. The highest BCUT2D eigenvalue weighted by molar-refractivity contribution is 6.04. The summed E-state index contributed by atoms with van der Waals surface area (Å²) < 4.78 is 1.39. The largest absolute Gasteiger partial charge is 0.508 e. The van der Waals surface area contributed by atoms with Crippen LogP contribution in [0.4, 0.5) is 5.69 Å². The first-order valence-corrected chi connectivity index (χ1v) is 5.75. The van der Waals surface area contributed by atoms with Crippen LogP contribution in [0.3, 0.4) is 0 Å². The minimum absolute atomic E-state index is 0.173. The maximum absolute atomic E-state index is 12.0. The summed E-state index contributed by atoms with van der Waals surface area (Å²) in [6.07, 6.45) is 1.54. The van der Waals surface area contributed by atoms with Crippen LogP contribution >= 0.6 is 0 Å². The SMILES string of the molecule is Cc1cc(NC(=O)c2ccn(C)c(=O)c2)ccc1O. The number of nitrogens with zero attached hydrogens (tertiary/aromatic N) is 1. The third kappa shape index (κ3) is 2.82. The van der Waals surface area contributed by atoms with E-state index in [-0.39, 0.29) is 17.2 Å². The Bertz CT molecular complexity index is 689. The van der Waals surface area contributed by atoms with Crippen molar-refractivity contribution < 1.29 is 9.90 Å². The molecule has 19 heavy (non-hydrogen) atoms. The maximum Gasteiger partial charge on any atom is 0.255 e. The Hall–Kier alpha value is -2.56. The van der Waals surface area contributed by atoms with Crippen molar-refractivity contribution in [2.75, 3.05) is 5.32 Å². The highest BCUT2D eigenvalue weighted by atomic mass is 16.3. The fourth-order valence-electron chi connectivity index (χ4n) is 1.63. The molecule has 5 nitrogen and oxygen atoms in total. The van der Waals surface area contributed by atoms with E-state index < -0.39 is 0 Å². The Balaban J connectivity index is 2.23. The zero-order chi connectivity index (χ0) is 14.0. The summed E-state index contributed by atoms with van der Waals surface area (Å²) >= 11 is 0. The van der Waals surface area contributed by atoms with Gasteiger partial charge in [0.1, 0.15) is 5.75 Å². The van der Waals surface area contributed by atoms with Crippen molar-refractivity contribution in [2.24, 2.45) is 7.05 Å². The van der Waals surface area contributed by atoms with Gasteiger partial charge in [-0.3, -0.25) is 9.59 Å². The number of nitrogens with one attached hydrogen (secondary N) is 1. The average Bonchev–Trinajstić information content (AvgIpc) is 2.37. The number of benzene rings is 1. The Labute approximate surface area is 110 Å². The van der Waals surface area contributed by atoms with E-state index in [1.807, 2.05) is 0 Å². The number of rotatable bonds is 2. The zero-order valence-electron chi connectivity index (χ0n) is 10.7. The van der Waals surface area contributed by atoms with E-state index in [1.165, 1.54) is 16.7 Å². The van der Waals surface area contributed by atoms with E-state index in [0.29, 0.717) is 16.8 Å². The summed E-state index contributed by atoms with van der Waals surface area (Å²) in [6.45, 7) is 1.74. The van der Waals surface area contributed by atoms with E-state index in [0.717, 1.165) is 0 Å². The number of hydrogen-bond donors (Lipinski definition) is 2. The van der Waals surface area contributed by atoms with Gasteiger partial charge in [-0.2, -0.15) is 0 Å². The van der Waals surface area contributed by atoms with Gasteiger partial charge in [0.05, 0.1) is 0 Å². The molecule has 0 saturated carbocycles. The minimum Gasteiger partial charge on any atom is -0.508 e. The molecule has 0 aliphatic carbocycles. The molecule has 1 aromatic carbocycles. The Morgan fingerprint density at radius 3 is 2.63 bits per heavy atom. The molecule has 0 atom stereocenters. The molecule has 0 radical (unpaired) electrons. The first-order chi connectivity index (χ1) is 8.97. The molecule has 0 aliphatic rings. The van der Waals surface area contributed by atoms with Crippen molar-refractivity contribution in [1.82, 2.24) is 4.57 Å². The molecule has 5 heteroatoms. The van der Waals surface area contributed by atoms with Crippen molar-refractivity contribution in [3.8, 4) is 5.75 Å². The van der Waals surface area contributed by atoms with Crippen LogP contribution in [0.15, 0.2) is 41.3 Å². The molecular formula is C14H14N2O3. The summed E-state index contributed by atoms with van der Waals surface area (Å²) in [6, 6.07) is 7.62. The summed E-state index contributed by atoms with van der Waals surface area (Å²) in [4.78, 5) is 23.4. The third-order valence-electron chi connectivity index (χ3n) is 2.82. The number of phenolic OH excluding ortho intramolecular Hbond substituents is 1. The van der Waals surface area contributed by atoms with Gasteiger partial charge in [-0.15, -0.1) is 0 Å². The monoisotopic (exact) mass is 258 g/mol. The molecular weight excluding hydrogens is 244 g/mol. The second-order valence-corrected chi connectivity index (χ2v) is 4.32. The number of aromatic nitrogens is 1. The van der Waals surface area contributed by atoms with Crippen LogP contribution in [-0.2, 0) is 7.05 Å². The van der Waals surface area contributed by atoms with E-state index >= 15 is 0 Å². The van der Waals surface area contributed by atoms with Crippen molar-refractivity contribution >= 4 is 11.6 Å². The van der Waals surface area contributed by atoms with Gasteiger partial charge in [0, 0.05) is 30.6 Å². The van der Waals surface area contributed by atoms with Crippen LogP contribution in [0, 0.1) is 6.92 Å². The van der Waals surface area contributed by atoms with Gasteiger partial charge in [-0.05, 0) is 36.8 Å². The number of aromatic hydroxyl groups is 1. The minimum atomic E-state index is -0.359. The van der Waals surface area contributed by atoms with Crippen LogP contribution < -0.4 is 10.9 Å². The number of carbonyl (C=O) groups excluding carboxylic acids is 1. The number of aryl methyl sites for hydroxylation is 2. The molecule has 1 aromatic heterocycles. The number of pyridine rings is 1. The predicted molar refractivity (Wildman–Crippen MR) is 72.5 cm³/mol.